The molecule has 0 unspecified atom stereocenters. The van der Waals surface area contributed by atoms with Crippen LogP contribution >= 0.6 is 0 Å². The molecule has 4 heterocycles. The fourth-order valence-electron chi connectivity index (χ4n) is 4.10. The van der Waals surface area contributed by atoms with Gasteiger partial charge in [-0.15, -0.1) is 0 Å². The number of hydrogen-bond acceptors (Lipinski definition) is 7. The smallest absolute Gasteiger partial charge is 0.261 e. The Morgan fingerprint density at radius 2 is 2.03 bits per heavy atom. The number of aromatic amines is 1. The van der Waals surface area contributed by atoms with Crippen LogP contribution in [0.3, 0.4) is 0 Å². The van der Waals surface area contributed by atoms with Crippen LogP contribution in [0.15, 0.2) is 53.7 Å². The van der Waals surface area contributed by atoms with Gasteiger partial charge in [0.15, 0.2) is 5.82 Å². The van der Waals surface area contributed by atoms with Gasteiger partial charge >= 0.3 is 0 Å². The second-order valence-corrected chi connectivity index (χ2v) is 7.80. The van der Waals surface area contributed by atoms with E-state index in [9.17, 15) is 10.1 Å². The summed E-state index contributed by atoms with van der Waals surface area (Å²) in [6, 6.07) is 11.7. The zero-order chi connectivity index (χ0) is 22.1. The van der Waals surface area contributed by atoms with Crippen molar-refractivity contribution in [2.75, 3.05) is 18.5 Å². The van der Waals surface area contributed by atoms with Crippen LogP contribution in [-0.4, -0.2) is 43.0 Å². The largest absolute Gasteiger partial charge is 0.379 e. The van der Waals surface area contributed by atoms with E-state index in [-0.39, 0.29) is 23.6 Å². The predicted molar refractivity (Wildman–Crippen MR) is 117 cm³/mol. The van der Waals surface area contributed by atoms with E-state index in [0.29, 0.717) is 36.4 Å². The van der Waals surface area contributed by atoms with Crippen LogP contribution in [0, 0.1) is 17.2 Å². The van der Waals surface area contributed by atoms with Gasteiger partial charge in [-0.1, -0.05) is 12.1 Å². The molecule has 0 aliphatic carbocycles. The number of aromatic nitrogens is 6. The minimum Gasteiger partial charge on any atom is -0.379 e. The summed E-state index contributed by atoms with van der Waals surface area (Å²) in [5.74, 6) is 0.217. The van der Waals surface area contributed by atoms with Crippen LogP contribution in [0.25, 0.3) is 10.9 Å². The van der Waals surface area contributed by atoms with Crippen molar-refractivity contribution < 1.29 is 4.74 Å². The minimum atomic E-state index is -0.251. The molecule has 5 rings (SSSR count). The van der Waals surface area contributed by atoms with E-state index in [2.05, 4.69) is 26.6 Å². The number of nitrogens with zero attached hydrogens (tertiary/aromatic N) is 6. The number of fused-ring (bicyclic) bond motifs is 1. The Labute approximate surface area is 183 Å². The van der Waals surface area contributed by atoms with Gasteiger partial charge in [0, 0.05) is 18.5 Å². The summed E-state index contributed by atoms with van der Waals surface area (Å²) in [4.78, 5) is 17.0. The highest BCUT2D eigenvalue weighted by molar-refractivity contribution is 5.91. The Kier molecular flexibility index (Phi) is 5.17. The molecule has 4 aromatic rings. The lowest BCUT2D eigenvalue weighted by atomic mass is 9.96. The van der Waals surface area contributed by atoms with Gasteiger partial charge in [-0.05, 0) is 37.1 Å². The summed E-state index contributed by atoms with van der Waals surface area (Å²) in [6.07, 6.45) is 5.54. The molecule has 3 aromatic heterocycles. The maximum absolute atomic E-state index is 12.6. The second kappa shape index (κ2) is 8.28. The highest BCUT2D eigenvalue weighted by Gasteiger charge is 2.30. The fourth-order valence-corrected chi connectivity index (χ4v) is 4.10. The molecule has 2 N–H and O–H groups in total. The molecule has 162 valence electrons. The standard InChI is InChI=1S/C22H22N8O2/c1-14(30-25-9-10-26-30)15-2-4-17(5-3-15)27-21-20-18(6-8-24-22(20)31)29(28-21)19-13-32-11-7-16(19)12-23/h2-6,8-10,14,16,19H,7,11,13H2,1H3,(H,24,31)(H,27,28)/t14-,16-,19+/m1/s1. The van der Waals surface area contributed by atoms with Gasteiger partial charge in [0.05, 0.1) is 48.6 Å². The quantitative estimate of drug-likeness (QED) is 0.498. The molecular formula is C22H22N8O2. The molecule has 0 saturated carbocycles. The molecule has 3 atom stereocenters. The minimum absolute atomic E-state index is 0.00357. The predicted octanol–water partition coefficient (Wildman–Crippen LogP) is 2.77. The Morgan fingerprint density at radius 1 is 1.25 bits per heavy atom. The first-order chi connectivity index (χ1) is 15.7. The van der Waals surface area contributed by atoms with Crippen molar-refractivity contribution in [3.05, 3.63) is 64.8 Å². The maximum Gasteiger partial charge on any atom is 0.261 e. The van der Waals surface area contributed by atoms with Crippen molar-refractivity contribution >= 4 is 22.4 Å². The maximum atomic E-state index is 12.6. The SMILES string of the molecule is C[C@H](c1ccc(Nc2nn([C@H]3COCC[C@@H]3C#N)c3cc[nH]c(=O)c23)cc1)n1nccn1. The molecule has 10 nitrogen and oxygen atoms in total. The van der Waals surface area contributed by atoms with E-state index in [0.717, 1.165) is 11.3 Å². The van der Waals surface area contributed by atoms with E-state index in [4.69, 9.17) is 9.84 Å². The molecule has 1 fully saturated rings. The number of H-pyrrole nitrogens is 1. The number of ether oxygens (including phenoxy) is 1. The van der Waals surface area contributed by atoms with Crippen molar-refractivity contribution in [2.24, 2.45) is 5.92 Å². The summed E-state index contributed by atoms with van der Waals surface area (Å²) in [5.41, 5.74) is 2.27. The third-order valence-corrected chi connectivity index (χ3v) is 5.88. The van der Waals surface area contributed by atoms with Gasteiger partial charge in [-0.2, -0.15) is 25.4 Å². The van der Waals surface area contributed by atoms with Gasteiger partial charge < -0.3 is 15.0 Å². The van der Waals surface area contributed by atoms with E-state index < -0.39 is 0 Å². The molecule has 0 amide bonds. The Morgan fingerprint density at radius 3 is 2.78 bits per heavy atom. The van der Waals surface area contributed by atoms with Gasteiger partial charge in [0.25, 0.3) is 5.56 Å². The Balaban J connectivity index is 1.48. The highest BCUT2D eigenvalue weighted by atomic mass is 16.5. The molecule has 1 saturated heterocycles. The second-order valence-electron chi connectivity index (χ2n) is 7.80. The zero-order valence-corrected chi connectivity index (χ0v) is 17.5. The third-order valence-electron chi connectivity index (χ3n) is 5.88. The molecule has 10 heteroatoms. The first kappa shape index (κ1) is 20.0. The molecule has 1 aliphatic rings. The molecule has 0 radical (unpaired) electrons. The van der Waals surface area contributed by atoms with Crippen molar-refractivity contribution in [2.45, 2.75) is 25.4 Å². The van der Waals surface area contributed by atoms with Crippen LogP contribution in [0.5, 0.6) is 0 Å². The number of nitriles is 1. The van der Waals surface area contributed by atoms with Crippen molar-refractivity contribution in [1.29, 1.82) is 5.26 Å². The molecular weight excluding hydrogens is 408 g/mol. The number of nitrogens with one attached hydrogen (secondary N) is 2. The monoisotopic (exact) mass is 430 g/mol. The van der Waals surface area contributed by atoms with E-state index in [1.807, 2.05) is 31.2 Å². The molecule has 32 heavy (non-hydrogen) atoms. The number of anilines is 2. The first-order valence-corrected chi connectivity index (χ1v) is 10.5. The van der Waals surface area contributed by atoms with Gasteiger partial charge in [0.1, 0.15) is 5.39 Å². The summed E-state index contributed by atoms with van der Waals surface area (Å²) in [7, 11) is 0. The lowest BCUT2D eigenvalue weighted by Crippen LogP contribution is -2.30. The Hall–Kier alpha value is -3.97. The van der Waals surface area contributed by atoms with E-state index in [1.54, 1.807) is 34.1 Å². The lowest BCUT2D eigenvalue weighted by Gasteiger charge is -2.27. The fraction of sp³-hybridized carbons (Fsp3) is 0.318. The van der Waals surface area contributed by atoms with Crippen molar-refractivity contribution in [3.8, 4) is 6.07 Å². The summed E-state index contributed by atoms with van der Waals surface area (Å²) >= 11 is 0. The van der Waals surface area contributed by atoms with Gasteiger partial charge in [0.2, 0.25) is 0 Å². The van der Waals surface area contributed by atoms with E-state index >= 15 is 0 Å². The average molecular weight is 430 g/mol. The number of rotatable bonds is 5. The average Bonchev–Trinajstić information content (AvgIpc) is 3.48. The van der Waals surface area contributed by atoms with Crippen LogP contribution in [0.1, 0.15) is 31.0 Å². The highest BCUT2D eigenvalue weighted by Crippen LogP contribution is 2.32. The number of hydrogen-bond donors (Lipinski definition) is 2. The van der Waals surface area contributed by atoms with Crippen molar-refractivity contribution in [3.63, 3.8) is 0 Å². The summed E-state index contributed by atoms with van der Waals surface area (Å²) < 4.78 is 7.36. The van der Waals surface area contributed by atoms with Crippen molar-refractivity contribution in [1.82, 2.24) is 29.8 Å². The summed E-state index contributed by atoms with van der Waals surface area (Å²) in [6.45, 7) is 2.96. The normalized spacial score (nSPS) is 19.5. The molecule has 1 aromatic carbocycles. The number of benzene rings is 1. The zero-order valence-electron chi connectivity index (χ0n) is 17.5. The Bertz CT molecular complexity index is 1320. The lowest BCUT2D eigenvalue weighted by molar-refractivity contribution is 0.0359. The first-order valence-electron chi connectivity index (χ1n) is 10.5. The molecule has 0 spiro atoms. The van der Waals surface area contributed by atoms with Gasteiger partial charge in [-0.25, -0.2) is 0 Å². The van der Waals surface area contributed by atoms with Crippen LogP contribution in [0.4, 0.5) is 11.5 Å². The van der Waals surface area contributed by atoms with Crippen LogP contribution < -0.4 is 10.9 Å². The molecule has 0 bridgehead atoms. The topological polar surface area (TPSA) is 126 Å². The van der Waals surface area contributed by atoms with E-state index in [1.165, 1.54) is 0 Å². The molecule has 1 aliphatic heterocycles. The van der Waals surface area contributed by atoms with Crippen LogP contribution in [0.2, 0.25) is 0 Å². The van der Waals surface area contributed by atoms with Crippen LogP contribution in [-0.2, 0) is 4.74 Å². The van der Waals surface area contributed by atoms with Gasteiger partial charge in [-0.3, -0.25) is 9.48 Å². The number of pyridine rings is 1. The summed E-state index contributed by atoms with van der Waals surface area (Å²) in [5, 5.41) is 26.4. The third kappa shape index (κ3) is 3.52.